The number of unbranched alkanes of at least 4 members (excludes halogenated alkanes) is 34. The fourth-order valence-corrected chi connectivity index (χ4v) is 9.88. The summed E-state index contributed by atoms with van der Waals surface area (Å²) in [4.78, 5) is 38.5. The largest absolute Gasteiger partial charge is 0.462 e. The Morgan fingerprint density at radius 2 is 0.476 bits per heavy atom. The summed E-state index contributed by atoms with van der Waals surface area (Å²) in [5.41, 5.74) is 0. The van der Waals surface area contributed by atoms with Crippen LogP contribution in [0.1, 0.15) is 335 Å². The van der Waals surface area contributed by atoms with Gasteiger partial charge in [-0.3, -0.25) is 14.4 Å². The number of rotatable bonds is 63. The second kappa shape index (κ2) is 69.6. The van der Waals surface area contributed by atoms with Gasteiger partial charge in [-0.2, -0.15) is 0 Å². The minimum absolute atomic E-state index is 0.0894. The molecule has 0 saturated heterocycles. The molecule has 0 radical (unpaired) electrons. The molecule has 0 saturated carbocycles. The van der Waals surface area contributed by atoms with E-state index < -0.39 is 6.10 Å². The minimum atomic E-state index is -0.796. The first-order valence-corrected chi connectivity index (χ1v) is 34.9. The van der Waals surface area contributed by atoms with Crippen LogP contribution in [0, 0.1) is 0 Å². The molecule has 82 heavy (non-hydrogen) atoms. The normalized spacial score (nSPS) is 12.8. The molecule has 0 heterocycles. The molecule has 0 spiro atoms. The van der Waals surface area contributed by atoms with E-state index in [1.807, 2.05) is 0 Å². The molecule has 1 atom stereocenters. The Kier molecular flexibility index (Phi) is 66.2. The first kappa shape index (κ1) is 78.1. The summed E-state index contributed by atoms with van der Waals surface area (Å²) in [6.45, 7) is 6.43. The Labute approximate surface area is 508 Å². The van der Waals surface area contributed by atoms with Gasteiger partial charge in [-0.25, -0.2) is 0 Å². The molecule has 0 rings (SSSR count). The Bertz CT molecular complexity index is 1640. The number of esters is 3. The molecule has 0 fully saturated rings. The van der Waals surface area contributed by atoms with Gasteiger partial charge in [-0.15, -0.1) is 0 Å². The van der Waals surface area contributed by atoms with E-state index in [1.165, 1.54) is 173 Å². The number of carbonyl (C=O) groups is 3. The minimum Gasteiger partial charge on any atom is -0.462 e. The molecule has 0 N–H and O–H groups in total. The van der Waals surface area contributed by atoms with Crippen molar-refractivity contribution in [1.29, 1.82) is 0 Å². The van der Waals surface area contributed by atoms with Crippen molar-refractivity contribution in [1.82, 2.24) is 0 Å². The third-order valence-corrected chi connectivity index (χ3v) is 15.0. The number of hydrogen-bond donors (Lipinski definition) is 0. The third-order valence-electron chi connectivity index (χ3n) is 15.0. The van der Waals surface area contributed by atoms with E-state index in [2.05, 4.69) is 130 Å². The van der Waals surface area contributed by atoms with Gasteiger partial charge in [0.05, 0.1) is 0 Å². The smallest absolute Gasteiger partial charge is 0.306 e. The summed E-state index contributed by atoms with van der Waals surface area (Å²) in [5.74, 6) is -0.911. The summed E-state index contributed by atoms with van der Waals surface area (Å²) in [6.07, 6.45) is 95.4. The number of carbonyl (C=O) groups excluding carboxylic acids is 3. The van der Waals surface area contributed by atoms with Gasteiger partial charge in [-0.1, -0.05) is 323 Å². The van der Waals surface area contributed by atoms with Crippen molar-refractivity contribution in [3.8, 4) is 0 Å². The summed E-state index contributed by atoms with van der Waals surface area (Å²) in [6, 6.07) is 0. The lowest BCUT2D eigenvalue weighted by Gasteiger charge is -2.18. The summed E-state index contributed by atoms with van der Waals surface area (Å²) in [5, 5.41) is 0. The molecule has 0 aromatic heterocycles. The Balaban J connectivity index is 4.41. The standard InChI is InChI=1S/C76H130O6/c1-4-7-10-13-16-19-22-25-28-31-34-36-38-40-42-45-48-51-54-57-60-63-66-69-75(78)81-72-73(71-80-74(77)68-65-62-59-56-53-50-47-44-41-33-30-27-24-21-18-15-12-9-6-3)82-76(79)70-67-64-61-58-55-52-49-46-43-39-37-35-32-29-26-23-20-17-14-11-8-5-2/h7,9-10,12,16,18-19,21,25,27-28,30,34,36,41,44,50,53,73H,4-6,8,11,13-15,17,20,22-24,26,29,31-33,35,37-40,42-43,45-49,51-52,54-72H2,1-3H3/b10-7-,12-9-,19-16-,21-18-,28-25-,30-27-,36-34-,44-41-,53-50-. The van der Waals surface area contributed by atoms with Gasteiger partial charge in [0.15, 0.2) is 6.10 Å². The summed E-state index contributed by atoms with van der Waals surface area (Å²) >= 11 is 0. The van der Waals surface area contributed by atoms with E-state index in [4.69, 9.17) is 14.2 Å². The zero-order valence-corrected chi connectivity index (χ0v) is 54.0. The van der Waals surface area contributed by atoms with Crippen LogP contribution in [0.15, 0.2) is 109 Å². The average Bonchev–Trinajstić information content (AvgIpc) is 3.47. The molecular formula is C76H130O6. The van der Waals surface area contributed by atoms with Crippen molar-refractivity contribution >= 4 is 17.9 Å². The van der Waals surface area contributed by atoms with E-state index in [1.54, 1.807) is 0 Å². The second-order valence-electron chi connectivity index (χ2n) is 23.0. The van der Waals surface area contributed by atoms with Gasteiger partial charge in [0.1, 0.15) is 13.2 Å². The van der Waals surface area contributed by atoms with Crippen molar-refractivity contribution in [2.75, 3.05) is 13.2 Å². The quantitative estimate of drug-likeness (QED) is 0.0261. The monoisotopic (exact) mass is 1140 g/mol. The van der Waals surface area contributed by atoms with E-state index in [9.17, 15) is 14.4 Å². The van der Waals surface area contributed by atoms with Crippen molar-refractivity contribution in [3.05, 3.63) is 109 Å². The van der Waals surface area contributed by atoms with Crippen LogP contribution in [0.3, 0.4) is 0 Å². The predicted molar refractivity (Wildman–Crippen MR) is 357 cm³/mol. The van der Waals surface area contributed by atoms with Gasteiger partial charge < -0.3 is 14.2 Å². The molecule has 470 valence electrons. The SMILES string of the molecule is CC/C=C\C/C=C\C/C=C\C/C=C\C/C=C\CCCCCC(=O)OCC(COC(=O)CCCCCCCCCCCC/C=C\C/C=C\C/C=C\C/C=C\CC)OC(=O)CCCCCCCCCCCCCCCCCCCCCCCC. The second-order valence-corrected chi connectivity index (χ2v) is 23.0. The topological polar surface area (TPSA) is 78.9 Å². The van der Waals surface area contributed by atoms with Gasteiger partial charge in [-0.05, 0) is 103 Å². The maximum atomic E-state index is 13.0. The molecular weight excluding hydrogens is 1010 g/mol. The van der Waals surface area contributed by atoms with Crippen LogP contribution in [0.4, 0.5) is 0 Å². The number of allylic oxidation sites excluding steroid dienone is 18. The Hall–Kier alpha value is -3.93. The van der Waals surface area contributed by atoms with Crippen LogP contribution in [0.25, 0.3) is 0 Å². The lowest BCUT2D eigenvalue weighted by atomic mass is 10.0. The fraction of sp³-hybridized carbons (Fsp3) is 0.724. The molecule has 0 aliphatic rings. The lowest BCUT2D eigenvalue weighted by molar-refractivity contribution is -0.167. The number of hydrogen-bond acceptors (Lipinski definition) is 6. The van der Waals surface area contributed by atoms with Crippen LogP contribution in [-0.2, 0) is 28.6 Å². The molecule has 0 aliphatic heterocycles. The van der Waals surface area contributed by atoms with Crippen molar-refractivity contribution in [3.63, 3.8) is 0 Å². The zero-order chi connectivity index (χ0) is 59.2. The van der Waals surface area contributed by atoms with Gasteiger partial charge in [0, 0.05) is 19.3 Å². The highest BCUT2D eigenvalue weighted by Crippen LogP contribution is 2.17. The van der Waals surface area contributed by atoms with E-state index in [0.717, 1.165) is 122 Å². The highest BCUT2D eigenvalue weighted by Gasteiger charge is 2.19. The van der Waals surface area contributed by atoms with Crippen LogP contribution in [0.5, 0.6) is 0 Å². The first-order valence-electron chi connectivity index (χ1n) is 34.9. The van der Waals surface area contributed by atoms with Crippen molar-refractivity contribution in [2.45, 2.75) is 341 Å². The fourth-order valence-electron chi connectivity index (χ4n) is 9.88. The highest BCUT2D eigenvalue weighted by atomic mass is 16.6. The van der Waals surface area contributed by atoms with E-state index >= 15 is 0 Å². The molecule has 0 aliphatic carbocycles. The summed E-state index contributed by atoms with van der Waals surface area (Å²) in [7, 11) is 0. The predicted octanol–water partition coefficient (Wildman–Crippen LogP) is 24.2. The van der Waals surface area contributed by atoms with Gasteiger partial charge >= 0.3 is 17.9 Å². The molecule has 0 aromatic rings. The summed E-state index contributed by atoms with van der Waals surface area (Å²) < 4.78 is 17.0. The Morgan fingerprint density at radius 1 is 0.256 bits per heavy atom. The zero-order valence-electron chi connectivity index (χ0n) is 54.0. The van der Waals surface area contributed by atoms with Gasteiger partial charge in [0.25, 0.3) is 0 Å². The van der Waals surface area contributed by atoms with Crippen molar-refractivity contribution in [2.24, 2.45) is 0 Å². The lowest BCUT2D eigenvalue weighted by Crippen LogP contribution is -2.30. The molecule has 1 unspecified atom stereocenters. The maximum Gasteiger partial charge on any atom is 0.306 e. The number of ether oxygens (including phenoxy) is 3. The van der Waals surface area contributed by atoms with Gasteiger partial charge in [0.2, 0.25) is 0 Å². The highest BCUT2D eigenvalue weighted by molar-refractivity contribution is 5.71. The van der Waals surface area contributed by atoms with Crippen LogP contribution in [0.2, 0.25) is 0 Å². The van der Waals surface area contributed by atoms with Crippen LogP contribution in [-0.4, -0.2) is 37.2 Å². The molecule has 6 nitrogen and oxygen atoms in total. The van der Waals surface area contributed by atoms with Crippen molar-refractivity contribution < 1.29 is 28.6 Å². The molecule has 6 heteroatoms. The first-order chi connectivity index (χ1) is 40.5. The Morgan fingerprint density at radius 3 is 0.756 bits per heavy atom. The molecule has 0 amide bonds. The maximum absolute atomic E-state index is 13.0. The average molecular weight is 1140 g/mol. The molecule has 0 aromatic carbocycles. The van der Waals surface area contributed by atoms with E-state index in [-0.39, 0.29) is 31.1 Å². The van der Waals surface area contributed by atoms with E-state index in [0.29, 0.717) is 19.3 Å². The van der Waals surface area contributed by atoms with Crippen LogP contribution < -0.4 is 0 Å². The van der Waals surface area contributed by atoms with Crippen LogP contribution >= 0.6 is 0 Å². The third kappa shape index (κ3) is 66.9. The molecule has 0 bridgehead atoms.